The number of benzene rings is 1. The Bertz CT molecular complexity index is 1040. The van der Waals surface area contributed by atoms with Crippen LogP contribution in [0.15, 0.2) is 43.0 Å². The van der Waals surface area contributed by atoms with Gasteiger partial charge >= 0.3 is 5.97 Å². The second-order valence-electron chi connectivity index (χ2n) is 7.41. The van der Waals surface area contributed by atoms with Gasteiger partial charge in [0.25, 0.3) is 0 Å². The van der Waals surface area contributed by atoms with E-state index in [1.807, 2.05) is 30.3 Å². The van der Waals surface area contributed by atoms with Gasteiger partial charge in [0.15, 0.2) is 23.2 Å². The number of nitrogens with zero attached hydrogens (tertiary/aromatic N) is 4. The van der Waals surface area contributed by atoms with Crippen LogP contribution in [0.3, 0.4) is 0 Å². The van der Waals surface area contributed by atoms with Gasteiger partial charge in [-0.2, -0.15) is 0 Å². The highest BCUT2D eigenvalue weighted by molar-refractivity contribution is 5.83. The smallest absolute Gasteiger partial charge is 0.302 e. The summed E-state index contributed by atoms with van der Waals surface area (Å²) in [4.78, 5) is 24.1. The van der Waals surface area contributed by atoms with Crippen LogP contribution < -0.4 is 5.32 Å². The van der Waals surface area contributed by atoms with Gasteiger partial charge in [-0.15, -0.1) is 0 Å². The van der Waals surface area contributed by atoms with Gasteiger partial charge in [-0.1, -0.05) is 37.3 Å². The summed E-state index contributed by atoms with van der Waals surface area (Å²) in [5.74, 6) is 0.0677. The molecule has 10 nitrogen and oxygen atoms in total. The molecule has 3 heterocycles. The average molecular weight is 427 g/mol. The Balaban J connectivity index is 1.60. The fourth-order valence-electron chi connectivity index (χ4n) is 3.71. The molecule has 3 N–H and O–H groups in total. The maximum Gasteiger partial charge on any atom is 0.302 e. The monoisotopic (exact) mass is 427 g/mol. The number of carbonyl (C=O) groups is 1. The van der Waals surface area contributed by atoms with Gasteiger partial charge in [-0.25, -0.2) is 15.0 Å². The molecular weight excluding hydrogens is 402 g/mol. The molecule has 10 heteroatoms. The zero-order valence-electron chi connectivity index (χ0n) is 17.3. The fraction of sp³-hybridized carbons (Fsp3) is 0.429. The Morgan fingerprint density at radius 3 is 2.71 bits per heavy atom. The first kappa shape index (κ1) is 21.2. The Kier molecular flexibility index (Phi) is 6.12. The molecule has 31 heavy (non-hydrogen) atoms. The molecule has 164 valence electrons. The number of fused-ring (bicyclic) bond motifs is 1. The molecule has 2 aromatic heterocycles. The molecule has 5 atom stereocenters. The summed E-state index contributed by atoms with van der Waals surface area (Å²) in [5, 5.41) is 24.2. The largest absolute Gasteiger partial charge is 0.463 e. The number of aliphatic hydroxyl groups excluding tert-OH is 2. The van der Waals surface area contributed by atoms with Crippen molar-refractivity contribution in [2.45, 2.75) is 50.8 Å². The van der Waals surface area contributed by atoms with Gasteiger partial charge in [-0.05, 0) is 12.0 Å². The van der Waals surface area contributed by atoms with Crippen molar-refractivity contribution >= 4 is 23.0 Å². The molecule has 0 saturated carbocycles. The number of carbonyl (C=O) groups excluding carboxylic acids is 1. The third kappa shape index (κ3) is 4.22. The number of rotatable bonds is 7. The lowest BCUT2D eigenvalue weighted by molar-refractivity contribution is -0.147. The molecule has 1 aliphatic rings. The van der Waals surface area contributed by atoms with E-state index in [0.29, 0.717) is 17.0 Å². The third-order valence-electron chi connectivity index (χ3n) is 5.34. The van der Waals surface area contributed by atoms with Crippen molar-refractivity contribution in [3.05, 3.63) is 48.5 Å². The van der Waals surface area contributed by atoms with E-state index in [-0.39, 0.29) is 12.6 Å². The van der Waals surface area contributed by atoms with Gasteiger partial charge in [0.1, 0.15) is 31.2 Å². The Labute approximate surface area is 178 Å². The predicted molar refractivity (Wildman–Crippen MR) is 111 cm³/mol. The van der Waals surface area contributed by atoms with Gasteiger partial charge in [0, 0.05) is 6.92 Å². The maximum atomic E-state index is 11.1. The van der Waals surface area contributed by atoms with Gasteiger partial charge in [-0.3, -0.25) is 9.36 Å². The van der Waals surface area contributed by atoms with E-state index >= 15 is 0 Å². The number of imidazole rings is 1. The molecule has 1 aromatic carbocycles. The molecule has 1 fully saturated rings. The molecule has 3 aromatic rings. The summed E-state index contributed by atoms with van der Waals surface area (Å²) in [7, 11) is 0. The van der Waals surface area contributed by atoms with Crippen molar-refractivity contribution in [2.75, 3.05) is 11.9 Å². The molecule has 1 saturated heterocycles. The Morgan fingerprint density at radius 2 is 2.00 bits per heavy atom. The van der Waals surface area contributed by atoms with Gasteiger partial charge < -0.3 is 25.0 Å². The van der Waals surface area contributed by atoms with Crippen LogP contribution in [0.4, 0.5) is 5.82 Å². The van der Waals surface area contributed by atoms with E-state index in [1.165, 1.54) is 19.6 Å². The number of anilines is 1. The van der Waals surface area contributed by atoms with E-state index in [2.05, 4.69) is 27.2 Å². The van der Waals surface area contributed by atoms with Crippen LogP contribution in [0, 0.1) is 0 Å². The molecule has 5 unspecified atom stereocenters. The van der Waals surface area contributed by atoms with Crippen LogP contribution >= 0.6 is 0 Å². The highest BCUT2D eigenvalue weighted by Gasteiger charge is 2.44. The minimum absolute atomic E-state index is 0.0349. The normalized spacial score (nSPS) is 24.3. The number of hydrogen-bond acceptors (Lipinski definition) is 9. The molecule has 0 spiro atoms. The van der Waals surface area contributed by atoms with Crippen molar-refractivity contribution in [1.82, 2.24) is 19.5 Å². The van der Waals surface area contributed by atoms with Crippen molar-refractivity contribution in [3.8, 4) is 0 Å². The summed E-state index contributed by atoms with van der Waals surface area (Å²) in [6, 6.07) is 10.1. The summed E-state index contributed by atoms with van der Waals surface area (Å²) in [6.07, 6.45) is -0.508. The Hall–Kier alpha value is -3.08. The first-order valence-electron chi connectivity index (χ1n) is 10.1. The highest BCUT2D eigenvalue weighted by Crippen LogP contribution is 2.33. The number of ether oxygens (including phenoxy) is 2. The van der Waals surface area contributed by atoms with Crippen LogP contribution in [0.5, 0.6) is 0 Å². The minimum atomic E-state index is -1.24. The predicted octanol–water partition coefficient (Wildman–Crippen LogP) is 1.57. The number of aliphatic hydroxyl groups is 2. The number of aromatic nitrogens is 4. The molecule has 0 aliphatic carbocycles. The van der Waals surface area contributed by atoms with Crippen molar-refractivity contribution in [3.63, 3.8) is 0 Å². The second-order valence-corrected chi connectivity index (χ2v) is 7.41. The standard InChI is InChI=1S/C21H25N5O5/c1-3-14(13-7-5-4-6-8-13)25-19-16-20(23-10-22-19)26(11-24-16)21-18(29)17(28)15(31-21)9-30-12(2)27/h4-8,10-11,14-15,17-18,21,28-29H,3,9H2,1-2H3,(H,22,23,25). The summed E-state index contributed by atoms with van der Waals surface area (Å²) in [5.41, 5.74) is 2.09. The lowest BCUT2D eigenvalue weighted by Gasteiger charge is -2.19. The van der Waals surface area contributed by atoms with E-state index in [0.717, 1.165) is 12.0 Å². The van der Waals surface area contributed by atoms with Crippen LogP contribution in [-0.4, -0.2) is 60.6 Å². The van der Waals surface area contributed by atoms with Crippen molar-refractivity contribution < 1.29 is 24.5 Å². The molecule has 0 amide bonds. The third-order valence-corrected chi connectivity index (χ3v) is 5.34. The summed E-state index contributed by atoms with van der Waals surface area (Å²) < 4.78 is 12.2. The first-order chi connectivity index (χ1) is 15.0. The lowest BCUT2D eigenvalue weighted by Crippen LogP contribution is -2.34. The fourth-order valence-corrected chi connectivity index (χ4v) is 3.71. The minimum Gasteiger partial charge on any atom is -0.463 e. The van der Waals surface area contributed by atoms with Gasteiger partial charge in [0.05, 0.1) is 12.4 Å². The van der Waals surface area contributed by atoms with Gasteiger partial charge in [0.2, 0.25) is 0 Å². The maximum absolute atomic E-state index is 11.1. The first-order valence-corrected chi connectivity index (χ1v) is 10.1. The number of nitrogens with one attached hydrogen (secondary N) is 1. The van der Waals surface area contributed by atoms with Crippen LogP contribution in [0.1, 0.15) is 38.1 Å². The van der Waals surface area contributed by atoms with E-state index in [1.54, 1.807) is 4.57 Å². The molecule has 0 radical (unpaired) electrons. The summed E-state index contributed by atoms with van der Waals surface area (Å²) in [6.45, 7) is 3.19. The quantitative estimate of drug-likeness (QED) is 0.481. The second kappa shape index (κ2) is 8.96. The van der Waals surface area contributed by atoms with Crippen LogP contribution in [0.2, 0.25) is 0 Å². The van der Waals surface area contributed by atoms with E-state index in [4.69, 9.17) is 9.47 Å². The SMILES string of the molecule is CCC(Nc1ncnc2c1ncn2C1OC(COC(C)=O)C(O)C1O)c1ccccc1. The van der Waals surface area contributed by atoms with Crippen LogP contribution in [0.25, 0.3) is 11.2 Å². The summed E-state index contributed by atoms with van der Waals surface area (Å²) >= 11 is 0. The Morgan fingerprint density at radius 1 is 1.23 bits per heavy atom. The molecule has 4 rings (SSSR count). The van der Waals surface area contributed by atoms with Crippen molar-refractivity contribution in [1.29, 1.82) is 0 Å². The number of hydrogen-bond donors (Lipinski definition) is 3. The zero-order chi connectivity index (χ0) is 22.0. The number of esters is 1. The van der Waals surface area contributed by atoms with Crippen LogP contribution in [-0.2, 0) is 14.3 Å². The topological polar surface area (TPSA) is 132 Å². The molecule has 1 aliphatic heterocycles. The zero-order valence-corrected chi connectivity index (χ0v) is 17.3. The van der Waals surface area contributed by atoms with Crippen molar-refractivity contribution in [2.24, 2.45) is 0 Å². The van der Waals surface area contributed by atoms with E-state index in [9.17, 15) is 15.0 Å². The average Bonchev–Trinajstić information content (AvgIpc) is 3.33. The molecule has 0 bridgehead atoms. The molecular formula is C21H25N5O5. The van der Waals surface area contributed by atoms with E-state index < -0.39 is 30.5 Å². The lowest BCUT2D eigenvalue weighted by atomic mass is 10.0. The highest BCUT2D eigenvalue weighted by atomic mass is 16.6.